The molecule has 13 nitrogen and oxygen atoms in total. The van der Waals surface area contributed by atoms with E-state index in [2.05, 4.69) is 0 Å². The van der Waals surface area contributed by atoms with Crippen molar-refractivity contribution in [2.45, 2.75) is 75.3 Å². The van der Waals surface area contributed by atoms with E-state index in [1.54, 1.807) is 0 Å². The zero-order valence-electron chi connectivity index (χ0n) is 27.9. The second-order valence-corrected chi connectivity index (χ2v) is 15.5. The molecule has 0 spiro atoms. The van der Waals surface area contributed by atoms with Crippen molar-refractivity contribution in [3.05, 3.63) is 60.2 Å². The van der Waals surface area contributed by atoms with Crippen molar-refractivity contribution in [3.63, 3.8) is 0 Å². The van der Waals surface area contributed by atoms with Gasteiger partial charge in [-0.1, -0.05) is 44.2 Å². The maximum atomic E-state index is 14.1. The van der Waals surface area contributed by atoms with Gasteiger partial charge < -0.3 is 38.9 Å². The molecule has 0 amide bonds. The maximum absolute atomic E-state index is 14.1. The molecule has 0 radical (unpaired) electrons. The molecule has 4 saturated heterocycles. The minimum Gasteiger partial charge on any atom is -0.459 e. The average Bonchev–Trinajstić information content (AvgIpc) is 3.86. The van der Waals surface area contributed by atoms with Crippen molar-refractivity contribution < 1.29 is 51.2 Å². The van der Waals surface area contributed by atoms with E-state index in [0.717, 1.165) is 12.0 Å². The molecule has 2 N–H and O–H groups in total. The van der Waals surface area contributed by atoms with Gasteiger partial charge in [0.1, 0.15) is 18.3 Å². The number of hydrogen-bond donors (Lipinski definition) is 1. The topological polar surface area (TPSA) is 162 Å². The lowest BCUT2D eigenvalue weighted by atomic mass is 9.90. The summed E-state index contributed by atoms with van der Waals surface area (Å²) in [6.45, 7) is 5.13. The third-order valence-electron chi connectivity index (χ3n) is 9.51. The first kappa shape index (κ1) is 35.6. The predicted octanol–water partition coefficient (Wildman–Crippen LogP) is 3.75. The standard InChI is InChI=1S/C35H46N2O11S/c1-22(2)18-37(49(40,41)26-10-8-25(36)9-11-26)19-29(47-35(39)48-31-21-45-34-28(31)13-15-43-34)24(16-23-6-4-3-5-7-23)17-32(38)46-30-20-44-33-27(30)12-14-42-33/h3-11,22,24,27-31,33-34H,12-21,36H2,1-2H3/t24-,27?,28-,29-,30?,31?,33-,34+/m1/s1. The summed E-state index contributed by atoms with van der Waals surface area (Å²) in [6.07, 6.45) is -2.39. The van der Waals surface area contributed by atoms with Gasteiger partial charge >= 0.3 is 12.1 Å². The Hall–Kier alpha value is -3.27. The molecular formula is C35H46N2O11S. The van der Waals surface area contributed by atoms with Crippen molar-refractivity contribution in [1.29, 1.82) is 0 Å². The summed E-state index contributed by atoms with van der Waals surface area (Å²) in [5.74, 6) is -1.44. The van der Waals surface area contributed by atoms with Gasteiger partial charge in [0.2, 0.25) is 10.0 Å². The van der Waals surface area contributed by atoms with Crippen LogP contribution >= 0.6 is 0 Å². The first-order chi connectivity index (χ1) is 23.6. The normalized spacial score (nSPS) is 27.5. The molecule has 6 rings (SSSR count). The Balaban J connectivity index is 1.28. The van der Waals surface area contributed by atoms with Crippen LogP contribution in [0.15, 0.2) is 59.5 Å². The van der Waals surface area contributed by atoms with Gasteiger partial charge in [0, 0.05) is 18.2 Å². The summed E-state index contributed by atoms with van der Waals surface area (Å²) < 4.78 is 69.8. The molecule has 49 heavy (non-hydrogen) atoms. The Kier molecular flexibility index (Phi) is 11.4. The fraction of sp³-hybridized carbons (Fsp3) is 0.600. The highest BCUT2D eigenvalue weighted by Crippen LogP contribution is 2.35. The van der Waals surface area contributed by atoms with Crippen LogP contribution in [0, 0.1) is 23.7 Å². The summed E-state index contributed by atoms with van der Waals surface area (Å²) in [5.41, 5.74) is 7.15. The van der Waals surface area contributed by atoms with E-state index in [1.807, 2.05) is 44.2 Å². The van der Waals surface area contributed by atoms with Crippen molar-refractivity contribution in [2.75, 3.05) is 45.3 Å². The maximum Gasteiger partial charge on any atom is 0.508 e. The molecule has 0 aromatic heterocycles. The highest BCUT2D eigenvalue weighted by molar-refractivity contribution is 7.89. The minimum absolute atomic E-state index is 0.0487. The van der Waals surface area contributed by atoms with Crippen molar-refractivity contribution in [2.24, 2.45) is 23.7 Å². The second-order valence-electron chi connectivity index (χ2n) is 13.6. The monoisotopic (exact) mass is 702 g/mol. The van der Waals surface area contributed by atoms with Gasteiger partial charge in [-0.25, -0.2) is 13.2 Å². The number of hydrogen-bond acceptors (Lipinski definition) is 12. The first-order valence-corrected chi connectivity index (χ1v) is 18.4. The highest BCUT2D eigenvalue weighted by Gasteiger charge is 2.46. The van der Waals surface area contributed by atoms with Crippen LogP contribution in [0.1, 0.15) is 38.7 Å². The van der Waals surface area contributed by atoms with Gasteiger partial charge in [-0.2, -0.15) is 4.31 Å². The molecule has 4 fully saturated rings. The van der Waals surface area contributed by atoms with Crippen molar-refractivity contribution >= 4 is 27.8 Å². The van der Waals surface area contributed by atoms with E-state index < -0.39 is 59.0 Å². The lowest BCUT2D eigenvalue weighted by molar-refractivity contribution is -0.153. The van der Waals surface area contributed by atoms with E-state index in [4.69, 9.17) is 38.9 Å². The van der Waals surface area contributed by atoms with Crippen LogP contribution in [0.2, 0.25) is 0 Å². The van der Waals surface area contributed by atoms with Gasteiger partial charge in [-0.05, 0) is 55.0 Å². The lowest BCUT2D eigenvalue weighted by Gasteiger charge is -2.33. The number of benzene rings is 2. The van der Waals surface area contributed by atoms with Crippen LogP contribution in [0.4, 0.5) is 10.5 Å². The Morgan fingerprint density at radius 1 is 0.857 bits per heavy atom. The van der Waals surface area contributed by atoms with E-state index in [1.165, 1.54) is 28.6 Å². The summed E-state index contributed by atoms with van der Waals surface area (Å²) in [6, 6.07) is 15.4. The van der Waals surface area contributed by atoms with Crippen LogP contribution in [0.3, 0.4) is 0 Å². The van der Waals surface area contributed by atoms with Crippen LogP contribution in [-0.4, -0.2) is 95.3 Å². The quantitative estimate of drug-likeness (QED) is 0.225. The minimum atomic E-state index is -4.08. The molecule has 0 bridgehead atoms. The van der Waals surface area contributed by atoms with Crippen LogP contribution < -0.4 is 5.73 Å². The zero-order chi connectivity index (χ0) is 34.5. The first-order valence-electron chi connectivity index (χ1n) is 17.0. The number of rotatable bonds is 14. The van der Waals surface area contributed by atoms with Crippen LogP contribution in [-0.2, 0) is 54.4 Å². The Bertz CT molecular complexity index is 1520. The molecule has 4 heterocycles. The number of nitrogens with zero attached hydrogens (tertiary/aromatic N) is 1. The smallest absolute Gasteiger partial charge is 0.459 e. The predicted molar refractivity (Wildman–Crippen MR) is 175 cm³/mol. The third kappa shape index (κ3) is 8.73. The van der Waals surface area contributed by atoms with Gasteiger partial charge in [0.05, 0.1) is 56.1 Å². The molecule has 2 aromatic rings. The molecule has 8 atom stereocenters. The van der Waals surface area contributed by atoms with E-state index in [0.29, 0.717) is 31.7 Å². The number of carbonyl (C=O) groups excluding carboxylic acids is 2. The lowest BCUT2D eigenvalue weighted by Crippen LogP contribution is -2.45. The highest BCUT2D eigenvalue weighted by atomic mass is 32.2. The van der Waals surface area contributed by atoms with E-state index in [-0.39, 0.29) is 55.4 Å². The number of nitrogen functional groups attached to an aromatic ring is 1. The van der Waals surface area contributed by atoms with E-state index >= 15 is 0 Å². The fourth-order valence-corrected chi connectivity index (χ4v) is 8.62. The van der Waals surface area contributed by atoms with Gasteiger partial charge in [-0.3, -0.25) is 4.79 Å². The molecule has 4 aliphatic rings. The summed E-state index contributed by atoms with van der Waals surface area (Å²) in [5, 5.41) is 0. The molecular weight excluding hydrogens is 656 g/mol. The van der Waals surface area contributed by atoms with Gasteiger partial charge in [0.15, 0.2) is 12.6 Å². The molecule has 3 unspecified atom stereocenters. The fourth-order valence-electron chi connectivity index (χ4n) is 7.00. The summed E-state index contributed by atoms with van der Waals surface area (Å²) >= 11 is 0. The number of nitrogens with two attached hydrogens (primary N) is 1. The summed E-state index contributed by atoms with van der Waals surface area (Å²) in [7, 11) is -4.08. The van der Waals surface area contributed by atoms with Crippen molar-refractivity contribution in [1.82, 2.24) is 4.31 Å². The number of esters is 1. The third-order valence-corrected chi connectivity index (χ3v) is 11.4. The van der Waals surface area contributed by atoms with Gasteiger partial charge in [-0.15, -0.1) is 0 Å². The molecule has 2 aromatic carbocycles. The van der Waals surface area contributed by atoms with Crippen LogP contribution in [0.5, 0.6) is 0 Å². The number of carbonyl (C=O) groups is 2. The molecule has 14 heteroatoms. The Labute approximate surface area is 287 Å². The van der Waals surface area contributed by atoms with E-state index in [9.17, 15) is 18.0 Å². The zero-order valence-corrected chi connectivity index (χ0v) is 28.7. The molecule has 0 aliphatic carbocycles. The summed E-state index contributed by atoms with van der Waals surface area (Å²) in [4.78, 5) is 27.2. The average molecular weight is 703 g/mol. The number of fused-ring (bicyclic) bond motifs is 2. The number of ether oxygens (including phenoxy) is 7. The van der Waals surface area contributed by atoms with Crippen molar-refractivity contribution in [3.8, 4) is 0 Å². The largest absolute Gasteiger partial charge is 0.508 e. The Morgan fingerprint density at radius 2 is 1.47 bits per heavy atom. The van der Waals surface area contributed by atoms with Gasteiger partial charge in [0.25, 0.3) is 0 Å². The second kappa shape index (κ2) is 15.7. The number of sulfonamides is 1. The SMILES string of the molecule is CC(C)CN(C[C@@H](OC(=O)OC1CO[C@@H]2OCC[C@H]12)[C@@H](CC(=O)OC1CO[C@H]2OCCC12)Cc1ccccc1)S(=O)(=O)c1ccc(N)cc1. The van der Waals surface area contributed by atoms with Crippen LogP contribution in [0.25, 0.3) is 0 Å². The molecule has 0 saturated carbocycles. The number of anilines is 1. The molecule has 4 aliphatic heterocycles. The molecule has 268 valence electrons. The Morgan fingerprint density at radius 3 is 2.08 bits per heavy atom.